The Morgan fingerprint density at radius 3 is 2.89 bits per heavy atom. The van der Waals surface area contributed by atoms with Gasteiger partial charge in [0.1, 0.15) is 12.4 Å². The molecule has 2 aromatic rings. The Morgan fingerprint density at radius 1 is 1.32 bits per heavy atom. The van der Waals surface area contributed by atoms with Crippen molar-refractivity contribution in [2.45, 2.75) is 6.54 Å². The fourth-order valence-electron chi connectivity index (χ4n) is 1.93. The number of hydrogen-bond donors (Lipinski definition) is 0. The van der Waals surface area contributed by atoms with Crippen LogP contribution in [0.2, 0.25) is 0 Å². The second-order valence-corrected chi connectivity index (χ2v) is 4.12. The molecular weight excluding hydrogens is 242 g/mol. The maximum atomic E-state index is 12.3. The van der Waals surface area contributed by atoms with Gasteiger partial charge in [0.05, 0.1) is 12.0 Å². The van der Waals surface area contributed by atoms with E-state index in [0.717, 1.165) is 5.39 Å². The van der Waals surface area contributed by atoms with Gasteiger partial charge in [-0.1, -0.05) is 18.7 Å². The lowest BCUT2D eigenvalue weighted by atomic mass is 10.1. The molecule has 4 heteroatoms. The highest BCUT2D eigenvalue weighted by Crippen LogP contribution is 2.22. The van der Waals surface area contributed by atoms with Crippen molar-refractivity contribution < 1.29 is 9.47 Å². The van der Waals surface area contributed by atoms with Crippen LogP contribution in [0.25, 0.3) is 10.8 Å². The minimum absolute atomic E-state index is 0.0291. The Bertz CT molecular complexity index is 631. The molecule has 100 valence electrons. The molecule has 1 aromatic carbocycles. The lowest BCUT2D eigenvalue weighted by molar-refractivity contribution is 0.186. The zero-order valence-electron chi connectivity index (χ0n) is 11.0. The molecule has 1 aromatic heterocycles. The van der Waals surface area contributed by atoms with Crippen LogP contribution in [0, 0.1) is 0 Å². The number of pyridine rings is 1. The van der Waals surface area contributed by atoms with E-state index in [1.807, 2.05) is 24.3 Å². The lowest BCUT2D eigenvalue weighted by Crippen LogP contribution is -2.21. The van der Waals surface area contributed by atoms with Crippen LogP contribution < -0.4 is 10.3 Å². The van der Waals surface area contributed by atoms with Crippen LogP contribution in [0.15, 0.2) is 47.9 Å². The number of ether oxygens (including phenoxy) is 2. The molecule has 0 spiro atoms. The molecule has 2 rings (SSSR count). The highest BCUT2D eigenvalue weighted by Gasteiger charge is 2.06. The summed E-state index contributed by atoms with van der Waals surface area (Å²) in [6.07, 6.45) is 3.45. The van der Waals surface area contributed by atoms with Crippen LogP contribution in [0.1, 0.15) is 0 Å². The van der Waals surface area contributed by atoms with E-state index < -0.39 is 0 Å². The average molecular weight is 259 g/mol. The zero-order chi connectivity index (χ0) is 13.7. The van der Waals surface area contributed by atoms with E-state index in [1.54, 1.807) is 23.9 Å². The van der Waals surface area contributed by atoms with Crippen molar-refractivity contribution in [3.8, 4) is 5.75 Å². The van der Waals surface area contributed by atoms with Gasteiger partial charge in [-0.3, -0.25) is 4.79 Å². The van der Waals surface area contributed by atoms with Crippen molar-refractivity contribution in [2.24, 2.45) is 0 Å². The monoisotopic (exact) mass is 259 g/mol. The predicted octanol–water partition coefficient (Wildman–Crippen LogP) is 2.21. The molecule has 0 atom stereocenters. The van der Waals surface area contributed by atoms with Gasteiger partial charge >= 0.3 is 0 Å². The predicted molar refractivity (Wildman–Crippen MR) is 75.8 cm³/mol. The Morgan fingerprint density at radius 2 is 2.16 bits per heavy atom. The number of aromatic nitrogens is 1. The minimum atomic E-state index is -0.0291. The van der Waals surface area contributed by atoms with Crippen molar-refractivity contribution in [3.63, 3.8) is 0 Å². The summed E-state index contributed by atoms with van der Waals surface area (Å²) < 4.78 is 12.2. The maximum Gasteiger partial charge on any atom is 0.258 e. The smallest absolute Gasteiger partial charge is 0.258 e. The van der Waals surface area contributed by atoms with Crippen LogP contribution >= 0.6 is 0 Å². The van der Waals surface area contributed by atoms with Crippen molar-refractivity contribution in [1.29, 1.82) is 0 Å². The lowest BCUT2D eigenvalue weighted by Gasteiger charge is -2.10. The number of rotatable bonds is 6. The molecule has 0 amide bonds. The van der Waals surface area contributed by atoms with Gasteiger partial charge in [0.25, 0.3) is 5.56 Å². The molecule has 4 nitrogen and oxygen atoms in total. The van der Waals surface area contributed by atoms with E-state index in [1.165, 1.54) is 0 Å². The number of nitrogens with zero attached hydrogens (tertiary/aromatic N) is 1. The van der Waals surface area contributed by atoms with Crippen LogP contribution in [-0.2, 0) is 11.3 Å². The molecule has 0 saturated heterocycles. The van der Waals surface area contributed by atoms with E-state index in [0.29, 0.717) is 30.9 Å². The SMILES string of the molecule is C=CCOc1cccc2c(=O)n(CCOC)ccc12. The number of benzene rings is 1. The number of hydrogen-bond acceptors (Lipinski definition) is 3. The quantitative estimate of drug-likeness (QED) is 0.747. The maximum absolute atomic E-state index is 12.3. The highest BCUT2D eigenvalue weighted by atomic mass is 16.5. The molecule has 0 unspecified atom stereocenters. The molecule has 0 aliphatic rings. The molecule has 0 fully saturated rings. The first-order chi connectivity index (χ1) is 9.27. The molecule has 0 saturated carbocycles. The number of methoxy groups -OCH3 is 1. The third-order valence-electron chi connectivity index (χ3n) is 2.87. The Balaban J connectivity index is 2.46. The van der Waals surface area contributed by atoms with Gasteiger partial charge in [-0.25, -0.2) is 0 Å². The highest BCUT2D eigenvalue weighted by molar-refractivity contribution is 5.87. The van der Waals surface area contributed by atoms with E-state index in [9.17, 15) is 4.79 Å². The fraction of sp³-hybridized carbons (Fsp3) is 0.267. The van der Waals surface area contributed by atoms with Crippen molar-refractivity contribution in [2.75, 3.05) is 20.3 Å². The molecule has 0 radical (unpaired) electrons. The molecule has 0 aliphatic heterocycles. The van der Waals surface area contributed by atoms with Gasteiger partial charge in [0, 0.05) is 25.2 Å². The summed E-state index contributed by atoms with van der Waals surface area (Å²) in [5.74, 6) is 0.702. The van der Waals surface area contributed by atoms with Gasteiger partial charge in [-0.15, -0.1) is 0 Å². The second-order valence-electron chi connectivity index (χ2n) is 4.12. The van der Waals surface area contributed by atoms with E-state index in [4.69, 9.17) is 9.47 Å². The first-order valence-electron chi connectivity index (χ1n) is 6.12. The van der Waals surface area contributed by atoms with E-state index >= 15 is 0 Å². The largest absolute Gasteiger partial charge is 0.489 e. The van der Waals surface area contributed by atoms with Crippen molar-refractivity contribution in [3.05, 3.63) is 53.5 Å². The number of fused-ring (bicyclic) bond motifs is 1. The molecule has 1 heterocycles. The zero-order valence-corrected chi connectivity index (χ0v) is 11.0. The molecule has 0 aliphatic carbocycles. The molecule has 0 N–H and O–H groups in total. The van der Waals surface area contributed by atoms with Crippen LogP contribution in [-0.4, -0.2) is 24.9 Å². The summed E-state index contributed by atoms with van der Waals surface area (Å²) in [6.45, 7) is 5.10. The van der Waals surface area contributed by atoms with Gasteiger partial charge in [0.15, 0.2) is 0 Å². The Kier molecular flexibility index (Phi) is 4.36. The summed E-state index contributed by atoms with van der Waals surface area (Å²) in [7, 11) is 1.62. The van der Waals surface area contributed by atoms with Crippen molar-refractivity contribution >= 4 is 10.8 Å². The molecule has 0 bridgehead atoms. The average Bonchev–Trinajstić information content (AvgIpc) is 2.44. The Labute approximate surface area is 111 Å². The normalized spacial score (nSPS) is 10.6. The third-order valence-corrected chi connectivity index (χ3v) is 2.87. The molecule has 19 heavy (non-hydrogen) atoms. The van der Waals surface area contributed by atoms with Crippen LogP contribution in [0.3, 0.4) is 0 Å². The minimum Gasteiger partial charge on any atom is -0.489 e. The summed E-state index contributed by atoms with van der Waals surface area (Å²) in [5.41, 5.74) is -0.0291. The Hall–Kier alpha value is -2.07. The van der Waals surface area contributed by atoms with Gasteiger partial charge < -0.3 is 14.0 Å². The van der Waals surface area contributed by atoms with Gasteiger partial charge in [-0.05, 0) is 18.2 Å². The van der Waals surface area contributed by atoms with Crippen LogP contribution in [0.5, 0.6) is 5.75 Å². The fourth-order valence-corrected chi connectivity index (χ4v) is 1.93. The summed E-state index contributed by atoms with van der Waals surface area (Å²) in [6, 6.07) is 7.38. The topological polar surface area (TPSA) is 40.5 Å². The second kappa shape index (κ2) is 6.20. The third kappa shape index (κ3) is 2.85. The summed E-state index contributed by atoms with van der Waals surface area (Å²) >= 11 is 0. The summed E-state index contributed by atoms with van der Waals surface area (Å²) in [5, 5.41) is 1.48. The standard InChI is InChI=1S/C15H17NO3/c1-3-10-19-14-6-4-5-13-12(14)7-8-16(15(13)17)9-11-18-2/h3-8H,1,9-11H2,2H3. The van der Waals surface area contributed by atoms with E-state index in [2.05, 4.69) is 6.58 Å². The summed E-state index contributed by atoms with van der Waals surface area (Å²) in [4.78, 5) is 12.3. The first-order valence-corrected chi connectivity index (χ1v) is 6.12. The first kappa shape index (κ1) is 13.4. The molecular formula is C15H17NO3. The van der Waals surface area contributed by atoms with Crippen molar-refractivity contribution in [1.82, 2.24) is 4.57 Å². The van der Waals surface area contributed by atoms with E-state index in [-0.39, 0.29) is 5.56 Å². The van der Waals surface area contributed by atoms with Gasteiger partial charge in [-0.2, -0.15) is 0 Å². The van der Waals surface area contributed by atoms with Crippen LogP contribution in [0.4, 0.5) is 0 Å². The van der Waals surface area contributed by atoms with Gasteiger partial charge in [0.2, 0.25) is 0 Å².